The van der Waals surface area contributed by atoms with Gasteiger partial charge >= 0.3 is 0 Å². The van der Waals surface area contributed by atoms with Crippen LogP contribution in [0.4, 0.5) is 8.78 Å². The second-order valence-corrected chi connectivity index (χ2v) is 2.44. The predicted octanol–water partition coefficient (Wildman–Crippen LogP) is -0.268. The molecule has 0 rings (SSSR count). The molecule has 1 atom stereocenters. The van der Waals surface area contributed by atoms with E-state index in [4.69, 9.17) is 5.73 Å². The summed E-state index contributed by atoms with van der Waals surface area (Å²) in [6.45, 7) is 1.53. The van der Waals surface area contributed by atoms with Crippen molar-refractivity contribution in [3.63, 3.8) is 0 Å². The smallest absolute Gasteiger partial charge is 0.261 e. The Balaban J connectivity index is 3.63. The van der Waals surface area contributed by atoms with Crippen molar-refractivity contribution in [1.29, 1.82) is 0 Å². The van der Waals surface area contributed by atoms with Crippen molar-refractivity contribution in [2.24, 2.45) is 5.73 Å². The molecule has 0 aromatic carbocycles. The van der Waals surface area contributed by atoms with Gasteiger partial charge in [-0.05, 0) is 6.54 Å². The number of halogens is 2. The average molecular weight is 196 g/mol. The molecule has 0 aliphatic heterocycles. The van der Waals surface area contributed by atoms with Gasteiger partial charge < -0.3 is 15.8 Å². The zero-order valence-corrected chi connectivity index (χ0v) is 7.43. The average Bonchev–Trinajstić information content (AvgIpc) is 2.02. The highest BCUT2D eigenvalue weighted by Gasteiger charge is 2.14. The molecule has 13 heavy (non-hydrogen) atoms. The predicted molar refractivity (Wildman–Crippen MR) is 43.5 cm³/mol. The van der Waals surface area contributed by atoms with Crippen LogP contribution in [0.15, 0.2) is 0 Å². The third-order valence-electron chi connectivity index (χ3n) is 1.32. The molecule has 0 aliphatic rings. The van der Waals surface area contributed by atoms with Gasteiger partial charge in [0, 0.05) is 0 Å². The Morgan fingerprint density at radius 1 is 1.54 bits per heavy atom. The summed E-state index contributed by atoms with van der Waals surface area (Å²) in [6.07, 6.45) is -2.52. The maximum absolute atomic E-state index is 11.6. The summed E-state index contributed by atoms with van der Waals surface area (Å²) in [5.41, 5.74) is 4.97. The minimum Gasteiger partial charge on any atom is -0.373 e. The van der Waals surface area contributed by atoms with E-state index in [1.165, 1.54) is 0 Å². The Hall–Kier alpha value is -0.750. The third kappa shape index (κ3) is 6.41. The summed E-state index contributed by atoms with van der Waals surface area (Å²) in [4.78, 5) is 10.7. The van der Waals surface area contributed by atoms with Crippen LogP contribution in [0.25, 0.3) is 0 Å². The van der Waals surface area contributed by atoms with Gasteiger partial charge in [-0.1, -0.05) is 6.92 Å². The molecular weight excluding hydrogens is 182 g/mol. The summed E-state index contributed by atoms with van der Waals surface area (Å²) < 4.78 is 27.8. The van der Waals surface area contributed by atoms with Crippen molar-refractivity contribution in [2.45, 2.75) is 19.4 Å². The molecule has 1 amide bonds. The molecule has 1 unspecified atom stereocenters. The van der Waals surface area contributed by atoms with Crippen LogP contribution in [0.5, 0.6) is 0 Å². The van der Waals surface area contributed by atoms with Crippen LogP contribution in [-0.2, 0) is 9.53 Å². The number of primary amides is 1. The minimum absolute atomic E-state index is 0.118. The Bertz CT molecular complexity index is 155. The first-order valence-corrected chi connectivity index (χ1v) is 3.96. The zero-order chi connectivity index (χ0) is 10.3. The lowest BCUT2D eigenvalue weighted by Gasteiger charge is -2.13. The lowest BCUT2D eigenvalue weighted by atomic mass is 10.3. The van der Waals surface area contributed by atoms with E-state index in [2.05, 4.69) is 10.1 Å². The number of carbonyl (C=O) groups excluding carboxylic acids is 1. The van der Waals surface area contributed by atoms with Crippen molar-refractivity contribution < 1.29 is 18.3 Å². The van der Waals surface area contributed by atoms with Gasteiger partial charge in [-0.25, -0.2) is 8.78 Å². The van der Waals surface area contributed by atoms with Gasteiger partial charge in [-0.15, -0.1) is 0 Å². The molecule has 3 N–H and O–H groups in total. The van der Waals surface area contributed by atoms with E-state index in [0.29, 0.717) is 6.54 Å². The molecule has 0 saturated heterocycles. The van der Waals surface area contributed by atoms with Crippen LogP contribution in [0, 0.1) is 0 Å². The third-order valence-corrected chi connectivity index (χ3v) is 1.32. The molecule has 0 fully saturated rings. The van der Waals surface area contributed by atoms with E-state index < -0.39 is 25.0 Å². The number of likely N-dealkylation sites (N-methyl/N-ethyl adjacent to an activating group) is 1. The fourth-order valence-corrected chi connectivity index (χ4v) is 0.763. The van der Waals surface area contributed by atoms with Gasteiger partial charge in [0.2, 0.25) is 5.91 Å². The van der Waals surface area contributed by atoms with E-state index in [1.807, 2.05) is 0 Å². The number of hydrogen-bond acceptors (Lipinski definition) is 3. The molecule has 0 aliphatic carbocycles. The van der Waals surface area contributed by atoms with Crippen molar-refractivity contribution in [1.82, 2.24) is 5.32 Å². The van der Waals surface area contributed by atoms with Crippen molar-refractivity contribution in [3.8, 4) is 0 Å². The standard InChI is InChI=1S/C7H14F2N2O2/c1-2-11-5(7(10)12)3-13-4-6(8)9/h5-6,11H,2-4H2,1H3,(H2,10,12). The van der Waals surface area contributed by atoms with Gasteiger partial charge in [0.1, 0.15) is 12.6 Å². The quantitative estimate of drug-likeness (QED) is 0.589. The van der Waals surface area contributed by atoms with E-state index in [-0.39, 0.29) is 6.61 Å². The fourth-order valence-electron chi connectivity index (χ4n) is 0.763. The summed E-state index contributed by atoms with van der Waals surface area (Å²) in [5, 5.41) is 2.71. The molecule has 0 heterocycles. The van der Waals surface area contributed by atoms with E-state index in [0.717, 1.165) is 0 Å². The fraction of sp³-hybridized carbons (Fsp3) is 0.857. The minimum atomic E-state index is -2.52. The number of alkyl halides is 2. The number of rotatable bonds is 7. The molecular formula is C7H14F2N2O2. The molecule has 0 bridgehead atoms. The van der Waals surface area contributed by atoms with Crippen LogP contribution in [0.2, 0.25) is 0 Å². The highest BCUT2D eigenvalue weighted by atomic mass is 19.3. The van der Waals surface area contributed by atoms with Gasteiger partial charge in [-0.2, -0.15) is 0 Å². The van der Waals surface area contributed by atoms with E-state index in [9.17, 15) is 13.6 Å². The molecule has 4 nitrogen and oxygen atoms in total. The second kappa shape index (κ2) is 6.73. The number of ether oxygens (including phenoxy) is 1. The summed E-state index contributed by atoms with van der Waals surface area (Å²) in [5.74, 6) is -0.601. The van der Waals surface area contributed by atoms with Crippen molar-refractivity contribution >= 4 is 5.91 Å². The highest BCUT2D eigenvalue weighted by molar-refractivity contribution is 5.79. The highest BCUT2D eigenvalue weighted by Crippen LogP contribution is 1.93. The van der Waals surface area contributed by atoms with Crippen LogP contribution < -0.4 is 11.1 Å². The molecule has 0 saturated carbocycles. The summed E-state index contributed by atoms with van der Waals surface area (Å²) in [7, 11) is 0. The van der Waals surface area contributed by atoms with Gasteiger partial charge in [-0.3, -0.25) is 4.79 Å². The number of hydrogen-bond donors (Lipinski definition) is 2. The lowest BCUT2D eigenvalue weighted by molar-refractivity contribution is -0.122. The first kappa shape index (κ1) is 12.2. The van der Waals surface area contributed by atoms with Crippen LogP contribution in [0.3, 0.4) is 0 Å². The summed E-state index contributed by atoms with van der Waals surface area (Å²) in [6, 6.07) is -0.691. The van der Waals surface area contributed by atoms with Crippen LogP contribution in [-0.4, -0.2) is 38.1 Å². The molecule has 0 radical (unpaired) electrons. The lowest BCUT2D eigenvalue weighted by Crippen LogP contribution is -2.44. The van der Waals surface area contributed by atoms with Crippen LogP contribution >= 0.6 is 0 Å². The molecule has 0 aromatic heterocycles. The maximum atomic E-state index is 11.6. The first-order valence-electron chi connectivity index (χ1n) is 3.96. The SMILES string of the molecule is CCNC(COCC(F)F)C(N)=O. The topological polar surface area (TPSA) is 64.3 Å². The maximum Gasteiger partial charge on any atom is 0.261 e. The van der Waals surface area contributed by atoms with E-state index in [1.54, 1.807) is 6.92 Å². The Morgan fingerprint density at radius 2 is 2.15 bits per heavy atom. The van der Waals surface area contributed by atoms with E-state index >= 15 is 0 Å². The Labute approximate surface area is 75.4 Å². The van der Waals surface area contributed by atoms with Crippen molar-refractivity contribution in [3.05, 3.63) is 0 Å². The Kier molecular flexibility index (Phi) is 6.34. The zero-order valence-electron chi connectivity index (χ0n) is 7.43. The van der Waals surface area contributed by atoms with Gasteiger partial charge in [0.15, 0.2) is 0 Å². The number of amides is 1. The summed E-state index contributed by atoms with van der Waals surface area (Å²) >= 11 is 0. The number of nitrogens with one attached hydrogen (secondary N) is 1. The van der Waals surface area contributed by atoms with Crippen molar-refractivity contribution in [2.75, 3.05) is 19.8 Å². The first-order chi connectivity index (χ1) is 6.07. The largest absolute Gasteiger partial charge is 0.373 e. The molecule has 0 spiro atoms. The van der Waals surface area contributed by atoms with Crippen LogP contribution in [0.1, 0.15) is 6.92 Å². The monoisotopic (exact) mass is 196 g/mol. The molecule has 78 valence electrons. The normalized spacial score (nSPS) is 13.2. The van der Waals surface area contributed by atoms with Gasteiger partial charge in [0.05, 0.1) is 6.61 Å². The molecule has 6 heteroatoms. The number of nitrogens with two attached hydrogens (primary N) is 1. The number of carbonyl (C=O) groups is 1. The Morgan fingerprint density at radius 3 is 2.54 bits per heavy atom. The van der Waals surface area contributed by atoms with Gasteiger partial charge in [0.25, 0.3) is 6.43 Å². The second-order valence-electron chi connectivity index (χ2n) is 2.44. The molecule has 0 aromatic rings.